The van der Waals surface area contributed by atoms with Gasteiger partial charge in [-0.1, -0.05) is 0 Å². The summed E-state index contributed by atoms with van der Waals surface area (Å²) in [4.78, 5) is 15.5. The zero-order valence-electron chi connectivity index (χ0n) is 3.16. The Morgan fingerprint density at radius 1 is 1.50 bits per heavy atom. The SMILES string of the molecule is O=P(O)(O)O[SiH3].[GeH4].[LiH]. The molecule has 0 saturated heterocycles. The van der Waals surface area contributed by atoms with E-state index in [-0.39, 0.29) is 46.9 Å². The number of phosphoric acid groups is 1. The van der Waals surface area contributed by atoms with Crippen LogP contribution in [0.5, 0.6) is 0 Å². The number of hydrogen-bond acceptors (Lipinski definition) is 2. The van der Waals surface area contributed by atoms with Crippen LogP contribution in [0, 0.1) is 0 Å². The van der Waals surface area contributed by atoms with Crippen LogP contribution in [0.1, 0.15) is 0 Å². The van der Waals surface area contributed by atoms with Crippen LogP contribution < -0.4 is 0 Å². The van der Waals surface area contributed by atoms with E-state index in [2.05, 4.69) is 4.21 Å². The topological polar surface area (TPSA) is 66.8 Å². The molecule has 0 atom stereocenters. The second kappa shape index (κ2) is 6.59. The van der Waals surface area contributed by atoms with Gasteiger partial charge in [-0.25, -0.2) is 4.57 Å². The van der Waals surface area contributed by atoms with Gasteiger partial charge in [0.1, 0.15) is 0 Å². The van der Waals surface area contributed by atoms with Gasteiger partial charge >= 0.3 is 44.3 Å². The maximum atomic E-state index is 9.51. The van der Waals surface area contributed by atoms with E-state index >= 15 is 0 Å². The number of hydrogen-bond donors (Lipinski definition) is 2. The molecule has 0 aliphatic carbocycles. The molecule has 8 heteroatoms. The van der Waals surface area contributed by atoms with Crippen LogP contribution in [-0.2, 0) is 8.78 Å². The molecule has 0 unspecified atom stereocenters. The fraction of sp³-hybridized carbons (Fsp3) is 0. The van der Waals surface area contributed by atoms with Gasteiger partial charge in [-0.2, -0.15) is 0 Å². The summed E-state index contributed by atoms with van der Waals surface area (Å²) < 4.78 is 13.2. The van der Waals surface area contributed by atoms with E-state index in [0.717, 1.165) is 0 Å². The molecular formula is H10GeLiO4PSi. The normalized spacial score (nSPS) is 9.25. The van der Waals surface area contributed by atoms with Crippen molar-refractivity contribution in [3.05, 3.63) is 0 Å². The first-order valence-corrected chi connectivity index (χ1v) is 3.52. The van der Waals surface area contributed by atoms with Crippen LogP contribution in [0.2, 0.25) is 0 Å². The molecular weight excluding hydrogens is 203 g/mol. The third-order valence-electron chi connectivity index (χ3n) is 0.238. The zero-order valence-corrected chi connectivity index (χ0v) is 6.05. The van der Waals surface area contributed by atoms with E-state index in [0.29, 0.717) is 0 Å². The van der Waals surface area contributed by atoms with Crippen LogP contribution in [0.25, 0.3) is 0 Å². The fourth-order valence-electron chi connectivity index (χ4n) is 0. The summed E-state index contributed by atoms with van der Waals surface area (Å²) in [5.74, 6) is 0. The molecule has 0 aliphatic rings. The molecule has 4 nitrogen and oxygen atoms in total. The second-order valence-electron chi connectivity index (χ2n) is 0.673. The van der Waals surface area contributed by atoms with Crippen molar-refractivity contribution in [2.75, 3.05) is 0 Å². The van der Waals surface area contributed by atoms with Crippen LogP contribution in [0.3, 0.4) is 0 Å². The van der Waals surface area contributed by atoms with Gasteiger partial charge in [0.25, 0.3) is 0 Å². The van der Waals surface area contributed by atoms with E-state index in [1.165, 1.54) is 0 Å². The first kappa shape index (κ1) is 16.2. The van der Waals surface area contributed by atoms with Gasteiger partial charge < -0.3 is 14.0 Å². The standard InChI is InChI=1S/GeH4.Li.H5O4PSi.H/c;;1-5(2,3)4-6;/h1H4;;6H3,(H2,1,2,3);. The summed E-state index contributed by atoms with van der Waals surface area (Å²) >= 11 is 0. The van der Waals surface area contributed by atoms with Crippen LogP contribution in [-0.4, -0.2) is 56.7 Å². The third-order valence-corrected chi connectivity index (χ3v) is 2.14. The second-order valence-corrected chi connectivity index (χ2v) is 3.11. The Labute approximate surface area is 73.3 Å². The predicted octanol–water partition coefficient (Wildman–Crippen LogP) is -3.72. The minimum absolute atomic E-state index is 0. The van der Waals surface area contributed by atoms with Gasteiger partial charge in [0.05, 0.1) is 0 Å². The summed E-state index contributed by atoms with van der Waals surface area (Å²) in [6.45, 7) is 0. The van der Waals surface area contributed by atoms with Crippen molar-refractivity contribution in [1.29, 1.82) is 0 Å². The molecule has 0 aliphatic heterocycles. The van der Waals surface area contributed by atoms with E-state index in [1.54, 1.807) is 0 Å². The molecule has 0 bridgehead atoms. The summed E-state index contributed by atoms with van der Waals surface area (Å²) in [6.07, 6.45) is 0. The molecule has 48 valence electrons. The summed E-state index contributed by atoms with van der Waals surface area (Å²) in [5, 5.41) is 0. The quantitative estimate of drug-likeness (QED) is 0.347. The van der Waals surface area contributed by atoms with Gasteiger partial charge in [-0.3, -0.25) is 0 Å². The average Bonchev–Trinajstić information content (AvgIpc) is 1.35. The summed E-state index contributed by atoms with van der Waals surface area (Å²) in [7, 11) is -4.00. The number of rotatable bonds is 1. The van der Waals surface area contributed by atoms with Crippen molar-refractivity contribution >= 4 is 54.8 Å². The van der Waals surface area contributed by atoms with Gasteiger partial charge in [0, 0.05) is 0 Å². The van der Waals surface area contributed by atoms with Gasteiger partial charge in [-0.05, 0) is 0 Å². The molecule has 0 radical (unpaired) electrons. The Morgan fingerprint density at radius 2 is 1.62 bits per heavy atom. The van der Waals surface area contributed by atoms with E-state index < -0.39 is 7.82 Å². The average molecular weight is 213 g/mol. The first-order chi connectivity index (χ1) is 2.56. The maximum absolute atomic E-state index is 9.51. The monoisotopic (exact) mass is 214 g/mol. The van der Waals surface area contributed by atoms with Gasteiger partial charge in [-0.15, -0.1) is 0 Å². The Balaban J connectivity index is -0.000000125. The van der Waals surface area contributed by atoms with Crippen molar-refractivity contribution < 1.29 is 18.6 Å². The molecule has 2 N–H and O–H groups in total. The van der Waals surface area contributed by atoms with Crippen molar-refractivity contribution in [2.24, 2.45) is 0 Å². The van der Waals surface area contributed by atoms with Crippen molar-refractivity contribution in [3.63, 3.8) is 0 Å². The molecule has 0 aromatic heterocycles. The molecule has 0 aromatic carbocycles. The third kappa shape index (κ3) is 15.7. The summed E-state index contributed by atoms with van der Waals surface area (Å²) in [5.41, 5.74) is 0. The first-order valence-electron chi connectivity index (χ1n) is 1.17. The predicted molar refractivity (Wildman–Crippen MR) is 41.6 cm³/mol. The van der Waals surface area contributed by atoms with E-state index in [1.807, 2.05) is 0 Å². The van der Waals surface area contributed by atoms with Gasteiger partial charge in [0.2, 0.25) is 0 Å². The van der Waals surface area contributed by atoms with Crippen LogP contribution in [0.15, 0.2) is 0 Å². The Hall–Kier alpha value is 1.47. The zero-order chi connectivity index (χ0) is 5.21. The Morgan fingerprint density at radius 3 is 1.62 bits per heavy atom. The molecule has 0 fully saturated rings. The van der Waals surface area contributed by atoms with Gasteiger partial charge in [0.15, 0.2) is 10.5 Å². The van der Waals surface area contributed by atoms with E-state index in [4.69, 9.17) is 9.79 Å². The summed E-state index contributed by atoms with van der Waals surface area (Å²) in [6, 6.07) is 0. The molecule has 0 spiro atoms. The molecule has 8 heavy (non-hydrogen) atoms. The van der Waals surface area contributed by atoms with E-state index in [9.17, 15) is 4.57 Å². The molecule has 0 amide bonds. The molecule has 0 aromatic rings. The van der Waals surface area contributed by atoms with Crippen molar-refractivity contribution in [1.82, 2.24) is 0 Å². The molecule has 0 rings (SSSR count). The van der Waals surface area contributed by atoms with Crippen molar-refractivity contribution in [2.45, 2.75) is 0 Å². The fourth-order valence-corrected chi connectivity index (χ4v) is 0. The minimum atomic E-state index is -4.08. The Kier molecular flexibility index (Phi) is 13.4. The van der Waals surface area contributed by atoms with Crippen LogP contribution >= 0.6 is 7.82 Å². The molecule has 0 saturated carbocycles. The van der Waals surface area contributed by atoms with Crippen LogP contribution in [0.4, 0.5) is 0 Å². The molecule has 0 heterocycles. The van der Waals surface area contributed by atoms with Crippen molar-refractivity contribution in [3.8, 4) is 0 Å². The Bertz CT molecular complexity index is 80.1.